The number of carbonyl (C=O) groups is 2. The zero-order chi connectivity index (χ0) is 21.3. The molecular weight excluding hydrogens is 418 g/mol. The molecule has 0 saturated heterocycles. The number of halogens is 1. The van der Waals surface area contributed by atoms with Gasteiger partial charge in [0.1, 0.15) is 5.75 Å². The molecule has 3 N–H and O–H groups in total. The predicted molar refractivity (Wildman–Crippen MR) is 111 cm³/mol. The highest BCUT2D eigenvalue weighted by Gasteiger charge is 2.17. The quantitative estimate of drug-likeness (QED) is 0.519. The van der Waals surface area contributed by atoms with Gasteiger partial charge in [-0.05, 0) is 42.8 Å². The molecule has 0 aromatic heterocycles. The average molecular weight is 440 g/mol. The van der Waals surface area contributed by atoms with Gasteiger partial charge in [0, 0.05) is 12.2 Å². The number of urea groups is 1. The molecule has 156 valence electrons. The van der Waals surface area contributed by atoms with Crippen LogP contribution in [-0.4, -0.2) is 33.5 Å². The van der Waals surface area contributed by atoms with Crippen molar-refractivity contribution < 1.29 is 22.7 Å². The lowest BCUT2D eigenvalue weighted by molar-refractivity contribution is -0.118. The molecule has 0 unspecified atom stereocenters. The van der Waals surface area contributed by atoms with Gasteiger partial charge in [-0.1, -0.05) is 37.1 Å². The number of carbonyl (C=O) groups excluding carboxylic acids is 2. The Morgan fingerprint density at radius 2 is 1.76 bits per heavy atom. The molecule has 3 amide bonds. The van der Waals surface area contributed by atoms with Crippen LogP contribution in [0.4, 0.5) is 10.5 Å². The Balaban J connectivity index is 1.89. The Labute approximate surface area is 174 Å². The Bertz CT molecular complexity index is 949. The van der Waals surface area contributed by atoms with E-state index in [9.17, 15) is 18.0 Å². The molecule has 8 nitrogen and oxygen atoms in total. The van der Waals surface area contributed by atoms with Crippen molar-refractivity contribution in [2.24, 2.45) is 0 Å². The molecule has 10 heteroatoms. The summed E-state index contributed by atoms with van der Waals surface area (Å²) in [6.45, 7) is 2.09. The fourth-order valence-electron chi connectivity index (χ4n) is 2.22. The standard InChI is InChI=1S/C19H22ClN3O5S/c1-2-3-12-21-19(25)23-29(26,27)15-10-8-14(9-11-15)22-18(24)13-28-17-7-5-4-6-16(17)20/h4-11H,2-3,12-13H2,1H3,(H,22,24)(H2,21,23,25). The van der Waals surface area contributed by atoms with Gasteiger partial charge in [0.15, 0.2) is 6.61 Å². The van der Waals surface area contributed by atoms with E-state index < -0.39 is 22.0 Å². The molecule has 0 bridgehead atoms. The normalized spacial score (nSPS) is 10.8. The Hall–Kier alpha value is -2.78. The Kier molecular flexibility index (Phi) is 8.29. The maximum Gasteiger partial charge on any atom is 0.328 e. The largest absolute Gasteiger partial charge is 0.482 e. The fourth-order valence-corrected chi connectivity index (χ4v) is 3.33. The van der Waals surface area contributed by atoms with Crippen molar-refractivity contribution in [1.29, 1.82) is 0 Å². The van der Waals surface area contributed by atoms with E-state index in [1.165, 1.54) is 24.3 Å². The summed E-state index contributed by atoms with van der Waals surface area (Å²) in [7, 11) is -4.01. The van der Waals surface area contributed by atoms with E-state index in [0.717, 1.165) is 12.8 Å². The highest BCUT2D eigenvalue weighted by Crippen LogP contribution is 2.23. The fraction of sp³-hybridized carbons (Fsp3) is 0.263. The lowest BCUT2D eigenvalue weighted by Gasteiger charge is -2.10. The van der Waals surface area contributed by atoms with E-state index in [1.54, 1.807) is 24.3 Å². The zero-order valence-corrected chi connectivity index (χ0v) is 17.3. The van der Waals surface area contributed by atoms with Crippen LogP contribution < -0.4 is 20.1 Å². The third-order valence-corrected chi connectivity index (χ3v) is 5.35. The molecule has 0 atom stereocenters. The minimum absolute atomic E-state index is 0.103. The van der Waals surface area contributed by atoms with Crippen LogP contribution in [0.1, 0.15) is 19.8 Å². The smallest absolute Gasteiger partial charge is 0.328 e. The van der Waals surface area contributed by atoms with E-state index >= 15 is 0 Å². The van der Waals surface area contributed by atoms with Crippen LogP contribution in [-0.2, 0) is 14.8 Å². The minimum atomic E-state index is -4.01. The van der Waals surface area contributed by atoms with Crippen LogP contribution in [0.5, 0.6) is 5.75 Å². The Morgan fingerprint density at radius 3 is 2.41 bits per heavy atom. The first-order chi connectivity index (χ1) is 13.8. The maximum atomic E-state index is 12.2. The molecule has 0 radical (unpaired) electrons. The van der Waals surface area contributed by atoms with Gasteiger partial charge in [0.05, 0.1) is 9.92 Å². The van der Waals surface area contributed by atoms with Gasteiger partial charge in [0.25, 0.3) is 15.9 Å². The van der Waals surface area contributed by atoms with E-state index in [0.29, 0.717) is 23.0 Å². The molecule has 0 aliphatic heterocycles. The third-order valence-electron chi connectivity index (χ3n) is 3.69. The molecule has 0 spiro atoms. The second-order valence-corrected chi connectivity index (χ2v) is 8.10. The number of ether oxygens (including phenoxy) is 1. The van der Waals surface area contributed by atoms with Gasteiger partial charge in [-0.15, -0.1) is 0 Å². The van der Waals surface area contributed by atoms with Crippen molar-refractivity contribution >= 4 is 39.2 Å². The van der Waals surface area contributed by atoms with Crippen LogP contribution >= 0.6 is 11.6 Å². The molecule has 0 fully saturated rings. The van der Waals surface area contributed by atoms with Gasteiger partial charge >= 0.3 is 6.03 Å². The van der Waals surface area contributed by atoms with Gasteiger partial charge in [-0.25, -0.2) is 17.9 Å². The molecule has 2 aromatic carbocycles. The summed E-state index contributed by atoms with van der Waals surface area (Å²) in [6.07, 6.45) is 1.63. The van der Waals surface area contributed by atoms with E-state index in [2.05, 4.69) is 10.6 Å². The Morgan fingerprint density at radius 1 is 1.07 bits per heavy atom. The van der Waals surface area contributed by atoms with Gasteiger partial charge < -0.3 is 15.4 Å². The number of unbranched alkanes of at least 4 members (excludes halogenated alkanes) is 1. The number of amides is 3. The van der Waals surface area contributed by atoms with Gasteiger partial charge in [0.2, 0.25) is 0 Å². The van der Waals surface area contributed by atoms with E-state index in [1.807, 2.05) is 11.6 Å². The van der Waals surface area contributed by atoms with Crippen LogP contribution in [0.25, 0.3) is 0 Å². The molecule has 0 aliphatic carbocycles. The van der Waals surface area contributed by atoms with Crippen molar-refractivity contribution in [3.8, 4) is 5.75 Å². The number of anilines is 1. The first-order valence-corrected chi connectivity index (χ1v) is 10.8. The van der Waals surface area contributed by atoms with Crippen molar-refractivity contribution in [3.63, 3.8) is 0 Å². The third kappa shape index (κ3) is 7.28. The number of nitrogens with one attached hydrogen (secondary N) is 3. The summed E-state index contributed by atoms with van der Waals surface area (Å²) in [4.78, 5) is 23.5. The van der Waals surface area contributed by atoms with Crippen LogP contribution in [0.3, 0.4) is 0 Å². The summed E-state index contributed by atoms with van der Waals surface area (Å²) >= 11 is 5.95. The lowest BCUT2D eigenvalue weighted by atomic mass is 10.3. The number of rotatable bonds is 9. The van der Waals surface area contributed by atoms with E-state index in [4.69, 9.17) is 16.3 Å². The maximum absolute atomic E-state index is 12.2. The second-order valence-electron chi connectivity index (χ2n) is 6.01. The SMILES string of the molecule is CCCCNC(=O)NS(=O)(=O)c1ccc(NC(=O)COc2ccccc2Cl)cc1. The number of hydrogen-bond acceptors (Lipinski definition) is 5. The summed E-state index contributed by atoms with van der Waals surface area (Å²) in [5, 5.41) is 5.44. The molecule has 2 aromatic rings. The summed E-state index contributed by atoms with van der Waals surface area (Å²) in [5.41, 5.74) is 0.379. The number of sulfonamides is 1. The topological polar surface area (TPSA) is 114 Å². The van der Waals surface area contributed by atoms with Crippen LogP contribution in [0, 0.1) is 0 Å². The highest BCUT2D eigenvalue weighted by molar-refractivity contribution is 7.90. The first kappa shape index (κ1) is 22.5. The van der Waals surface area contributed by atoms with Crippen molar-refractivity contribution in [3.05, 3.63) is 53.6 Å². The number of hydrogen-bond donors (Lipinski definition) is 3. The molecule has 0 aliphatic rings. The average Bonchev–Trinajstić information content (AvgIpc) is 2.67. The van der Waals surface area contributed by atoms with E-state index in [-0.39, 0.29) is 11.5 Å². The van der Waals surface area contributed by atoms with Crippen molar-refractivity contribution in [2.45, 2.75) is 24.7 Å². The van der Waals surface area contributed by atoms with Crippen molar-refractivity contribution in [1.82, 2.24) is 10.0 Å². The van der Waals surface area contributed by atoms with Crippen LogP contribution in [0.15, 0.2) is 53.4 Å². The van der Waals surface area contributed by atoms with Gasteiger partial charge in [-0.3, -0.25) is 4.79 Å². The molecule has 29 heavy (non-hydrogen) atoms. The molecule has 2 rings (SSSR count). The highest BCUT2D eigenvalue weighted by atomic mass is 35.5. The second kappa shape index (κ2) is 10.7. The summed E-state index contributed by atoms with van der Waals surface area (Å²) < 4.78 is 31.7. The van der Waals surface area contributed by atoms with Gasteiger partial charge in [-0.2, -0.15) is 0 Å². The monoisotopic (exact) mass is 439 g/mol. The first-order valence-electron chi connectivity index (χ1n) is 8.89. The number of benzene rings is 2. The molecule has 0 saturated carbocycles. The summed E-state index contributed by atoms with van der Waals surface area (Å²) in [5.74, 6) is -0.0528. The van der Waals surface area contributed by atoms with Crippen LogP contribution in [0.2, 0.25) is 5.02 Å². The molecule has 0 heterocycles. The zero-order valence-electron chi connectivity index (χ0n) is 15.8. The number of para-hydroxylation sites is 1. The minimum Gasteiger partial charge on any atom is -0.482 e. The van der Waals surface area contributed by atoms with Crippen molar-refractivity contribution in [2.75, 3.05) is 18.5 Å². The summed E-state index contributed by atoms with van der Waals surface area (Å²) in [6, 6.07) is 11.4. The molecular formula is C19H22ClN3O5S. The lowest BCUT2D eigenvalue weighted by Crippen LogP contribution is -2.39. The predicted octanol–water partition coefficient (Wildman–Crippen LogP) is 3.15.